The lowest BCUT2D eigenvalue weighted by molar-refractivity contribution is -0.113. The first-order chi connectivity index (χ1) is 15.5. The standard InChI is InChI=1S/C24H24N4O3S/c1-15(2)22-27-24(31-28-22)19-11-7-8-16(3)21(19)26-20(29)14-32-13-18-12-30-23(25-18)17-9-5-4-6-10-17/h4-12,15H,13-14H2,1-3H3,(H,26,29). The van der Waals surface area contributed by atoms with Gasteiger partial charge < -0.3 is 14.3 Å². The van der Waals surface area contributed by atoms with Crippen molar-refractivity contribution in [2.75, 3.05) is 11.1 Å². The second kappa shape index (κ2) is 9.82. The second-order valence-electron chi connectivity index (χ2n) is 7.66. The van der Waals surface area contributed by atoms with Crippen LogP contribution in [0.25, 0.3) is 22.9 Å². The van der Waals surface area contributed by atoms with E-state index in [1.165, 1.54) is 11.8 Å². The lowest BCUT2D eigenvalue weighted by Gasteiger charge is -2.11. The van der Waals surface area contributed by atoms with Gasteiger partial charge in [-0.3, -0.25) is 4.79 Å². The molecule has 7 nitrogen and oxygen atoms in total. The molecule has 2 heterocycles. The third-order valence-corrected chi connectivity index (χ3v) is 5.75. The summed E-state index contributed by atoms with van der Waals surface area (Å²) in [5.41, 5.74) is 4.05. The zero-order valence-corrected chi connectivity index (χ0v) is 19.0. The number of carbonyl (C=O) groups is 1. The van der Waals surface area contributed by atoms with Crippen LogP contribution in [0, 0.1) is 6.92 Å². The maximum atomic E-state index is 12.6. The molecule has 0 saturated carbocycles. The number of hydrogen-bond acceptors (Lipinski definition) is 7. The van der Waals surface area contributed by atoms with Crippen molar-refractivity contribution in [3.63, 3.8) is 0 Å². The number of rotatable bonds is 8. The number of nitrogens with zero attached hydrogens (tertiary/aromatic N) is 3. The third-order valence-electron chi connectivity index (χ3n) is 4.78. The largest absolute Gasteiger partial charge is 0.444 e. The second-order valence-corrected chi connectivity index (χ2v) is 8.65. The lowest BCUT2D eigenvalue weighted by Crippen LogP contribution is -2.16. The highest BCUT2D eigenvalue weighted by Crippen LogP contribution is 2.31. The molecule has 0 saturated heterocycles. The summed E-state index contributed by atoms with van der Waals surface area (Å²) in [6.07, 6.45) is 1.63. The van der Waals surface area contributed by atoms with Gasteiger partial charge in [0.1, 0.15) is 6.26 Å². The number of benzene rings is 2. The number of amides is 1. The van der Waals surface area contributed by atoms with Gasteiger partial charge in [-0.05, 0) is 30.7 Å². The third kappa shape index (κ3) is 5.08. The van der Waals surface area contributed by atoms with Crippen LogP contribution in [-0.2, 0) is 10.5 Å². The van der Waals surface area contributed by atoms with E-state index in [1.807, 2.05) is 69.3 Å². The molecule has 0 atom stereocenters. The van der Waals surface area contributed by atoms with E-state index < -0.39 is 0 Å². The Hall–Kier alpha value is -3.39. The molecule has 2 aromatic carbocycles. The average Bonchev–Trinajstić information content (AvgIpc) is 3.46. The van der Waals surface area contributed by atoms with Crippen LogP contribution in [0.15, 0.2) is 63.7 Å². The van der Waals surface area contributed by atoms with E-state index >= 15 is 0 Å². The molecule has 0 radical (unpaired) electrons. The number of hydrogen-bond donors (Lipinski definition) is 1. The SMILES string of the molecule is Cc1cccc(-c2nc(C(C)C)no2)c1NC(=O)CSCc1coc(-c2ccccc2)n1. The Bertz CT molecular complexity index is 1200. The molecule has 0 aliphatic carbocycles. The highest BCUT2D eigenvalue weighted by atomic mass is 32.2. The van der Waals surface area contributed by atoms with Crippen LogP contribution >= 0.6 is 11.8 Å². The first-order valence-electron chi connectivity index (χ1n) is 10.3. The van der Waals surface area contributed by atoms with Gasteiger partial charge in [0.15, 0.2) is 5.82 Å². The Labute approximate surface area is 190 Å². The topological polar surface area (TPSA) is 94.1 Å². The average molecular weight is 449 g/mol. The Morgan fingerprint density at radius 1 is 1.06 bits per heavy atom. The van der Waals surface area contributed by atoms with Crippen molar-refractivity contribution in [1.29, 1.82) is 0 Å². The predicted octanol–water partition coefficient (Wildman–Crippen LogP) is 5.70. The highest BCUT2D eigenvalue weighted by Gasteiger charge is 2.18. The molecule has 4 aromatic rings. The van der Waals surface area contributed by atoms with Crippen LogP contribution in [0.2, 0.25) is 0 Å². The fourth-order valence-electron chi connectivity index (χ4n) is 3.10. The van der Waals surface area contributed by atoms with Gasteiger partial charge in [0.05, 0.1) is 22.7 Å². The van der Waals surface area contributed by atoms with Gasteiger partial charge in [0.2, 0.25) is 11.8 Å². The van der Waals surface area contributed by atoms with Gasteiger partial charge in [-0.2, -0.15) is 4.98 Å². The summed E-state index contributed by atoms with van der Waals surface area (Å²) in [6, 6.07) is 15.4. The molecule has 0 bridgehead atoms. The van der Waals surface area contributed by atoms with Crippen LogP contribution in [0.5, 0.6) is 0 Å². The van der Waals surface area contributed by atoms with Crippen molar-refractivity contribution in [3.8, 4) is 22.9 Å². The number of aryl methyl sites for hydroxylation is 1. The molecule has 164 valence electrons. The smallest absolute Gasteiger partial charge is 0.260 e. The van der Waals surface area contributed by atoms with Crippen molar-refractivity contribution < 1.29 is 13.7 Å². The first-order valence-corrected chi connectivity index (χ1v) is 11.5. The fourth-order valence-corrected chi connectivity index (χ4v) is 3.80. The molecule has 0 unspecified atom stereocenters. The Kier molecular flexibility index (Phi) is 6.70. The normalized spacial score (nSPS) is 11.1. The molecule has 1 amide bonds. The van der Waals surface area contributed by atoms with Crippen molar-refractivity contribution in [1.82, 2.24) is 15.1 Å². The van der Waals surface area contributed by atoms with E-state index in [0.29, 0.717) is 34.6 Å². The molecule has 2 aromatic heterocycles. The molecule has 0 fully saturated rings. The number of thioether (sulfide) groups is 1. The summed E-state index contributed by atoms with van der Waals surface area (Å²) in [5, 5.41) is 7.03. The molecular weight excluding hydrogens is 424 g/mol. The number of carbonyl (C=O) groups excluding carboxylic acids is 1. The summed E-state index contributed by atoms with van der Waals surface area (Å²) >= 11 is 1.47. The van der Waals surface area contributed by atoms with E-state index in [-0.39, 0.29) is 17.6 Å². The van der Waals surface area contributed by atoms with Crippen molar-refractivity contribution in [2.24, 2.45) is 0 Å². The van der Waals surface area contributed by atoms with Gasteiger partial charge in [-0.1, -0.05) is 49.3 Å². The first kappa shape index (κ1) is 21.8. The van der Waals surface area contributed by atoms with Gasteiger partial charge in [0.25, 0.3) is 5.89 Å². The molecule has 0 aliphatic rings. The molecule has 32 heavy (non-hydrogen) atoms. The zero-order valence-electron chi connectivity index (χ0n) is 18.2. The summed E-state index contributed by atoms with van der Waals surface area (Å²) in [4.78, 5) is 21.6. The van der Waals surface area contributed by atoms with Crippen LogP contribution < -0.4 is 5.32 Å². The Balaban J connectivity index is 1.38. The Morgan fingerprint density at radius 3 is 2.62 bits per heavy atom. The molecule has 0 aliphatic heterocycles. The van der Waals surface area contributed by atoms with Gasteiger partial charge in [-0.15, -0.1) is 11.8 Å². The number of oxazole rings is 1. The van der Waals surface area contributed by atoms with Crippen molar-refractivity contribution >= 4 is 23.4 Å². The quantitative estimate of drug-likeness (QED) is 0.370. The van der Waals surface area contributed by atoms with Crippen LogP contribution in [-0.4, -0.2) is 26.8 Å². The van der Waals surface area contributed by atoms with Gasteiger partial charge in [0, 0.05) is 17.2 Å². The van der Waals surface area contributed by atoms with Crippen molar-refractivity contribution in [2.45, 2.75) is 32.4 Å². The summed E-state index contributed by atoms with van der Waals surface area (Å²) in [7, 11) is 0. The summed E-state index contributed by atoms with van der Waals surface area (Å²) < 4.78 is 11.0. The monoisotopic (exact) mass is 448 g/mol. The van der Waals surface area contributed by atoms with Crippen LogP contribution in [0.4, 0.5) is 5.69 Å². The lowest BCUT2D eigenvalue weighted by atomic mass is 10.1. The Morgan fingerprint density at radius 2 is 1.88 bits per heavy atom. The number of nitrogens with one attached hydrogen (secondary N) is 1. The van der Waals surface area contributed by atoms with E-state index in [9.17, 15) is 4.79 Å². The van der Waals surface area contributed by atoms with Gasteiger partial charge in [-0.25, -0.2) is 4.98 Å². The highest BCUT2D eigenvalue weighted by molar-refractivity contribution is 7.99. The molecule has 0 spiro atoms. The summed E-state index contributed by atoms with van der Waals surface area (Å²) in [5.74, 6) is 2.52. The van der Waals surface area contributed by atoms with E-state index in [2.05, 4.69) is 20.4 Å². The fraction of sp³-hybridized carbons (Fsp3) is 0.250. The minimum absolute atomic E-state index is 0.110. The maximum absolute atomic E-state index is 12.6. The number of anilines is 1. The van der Waals surface area contributed by atoms with Gasteiger partial charge >= 0.3 is 0 Å². The predicted molar refractivity (Wildman–Crippen MR) is 125 cm³/mol. The van der Waals surface area contributed by atoms with Crippen LogP contribution in [0.3, 0.4) is 0 Å². The van der Waals surface area contributed by atoms with E-state index in [0.717, 1.165) is 16.8 Å². The van der Waals surface area contributed by atoms with E-state index in [1.54, 1.807) is 6.26 Å². The van der Waals surface area contributed by atoms with Crippen molar-refractivity contribution in [3.05, 3.63) is 71.9 Å². The minimum atomic E-state index is -0.110. The molecule has 1 N–H and O–H groups in total. The molecule has 4 rings (SSSR count). The minimum Gasteiger partial charge on any atom is -0.444 e. The molecular formula is C24H24N4O3S. The molecule has 8 heteroatoms. The number of para-hydroxylation sites is 1. The number of aromatic nitrogens is 3. The zero-order chi connectivity index (χ0) is 22.5. The van der Waals surface area contributed by atoms with E-state index in [4.69, 9.17) is 8.94 Å². The summed E-state index contributed by atoms with van der Waals surface area (Å²) in [6.45, 7) is 5.94. The maximum Gasteiger partial charge on any atom is 0.260 e. The van der Waals surface area contributed by atoms with Crippen LogP contribution in [0.1, 0.15) is 36.8 Å².